The monoisotopic (exact) mass is 871 g/mol. The summed E-state index contributed by atoms with van der Waals surface area (Å²) in [7, 11) is 4.28. The summed E-state index contributed by atoms with van der Waals surface area (Å²) in [4.78, 5) is 54.2. The van der Waals surface area contributed by atoms with E-state index in [9.17, 15) is 18.4 Å². The molecule has 5 heterocycles. The summed E-state index contributed by atoms with van der Waals surface area (Å²) in [6.45, 7) is 16.4. The number of carbonyl (C=O) groups is 1. The molecule has 0 saturated carbocycles. The van der Waals surface area contributed by atoms with Crippen molar-refractivity contribution in [3.8, 4) is 11.4 Å². The van der Waals surface area contributed by atoms with Gasteiger partial charge in [-0.1, -0.05) is 18.2 Å². The van der Waals surface area contributed by atoms with Crippen molar-refractivity contribution in [3.05, 3.63) is 119 Å². The van der Waals surface area contributed by atoms with Crippen molar-refractivity contribution in [2.24, 2.45) is 0 Å². The fourth-order valence-electron chi connectivity index (χ4n) is 7.23. The van der Waals surface area contributed by atoms with E-state index < -0.39 is 17.2 Å². The Balaban J connectivity index is 0.000000223. The molecule has 7 aromatic rings. The normalized spacial score (nSPS) is 14.1. The second kappa shape index (κ2) is 21.7. The number of aromatic nitrogens is 5. The first kappa shape index (κ1) is 49.4. The Kier molecular flexibility index (Phi) is 17.3. The van der Waals surface area contributed by atoms with E-state index in [0.717, 1.165) is 85.9 Å². The van der Waals surface area contributed by atoms with Crippen molar-refractivity contribution in [2.45, 2.75) is 13.3 Å². The predicted molar refractivity (Wildman–Crippen MR) is 239 cm³/mol. The average molecular weight is 872 g/mol. The molecule has 2 saturated heterocycles. The molecule has 2 aliphatic heterocycles. The van der Waals surface area contributed by atoms with Gasteiger partial charge in [0.05, 0.1) is 51.7 Å². The molecule has 320 valence electrons. The number of nitrogens with two attached hydrogens (primary N) is 2. The van der Waals surface area contributed by atoms with Gasteiger partial charge in [-0.15, -0.1) is 0 Å². The minimum absolute atomic E-state index is 0. The number of likely N-dealkylation sites (N-methyl/N-ethyl adjacent to an activating group) is 2. The van der Waals surface area contributed by atoms with Crippen molar-refractivity contribution in [1.82, 2.24) is 34.7 Å². The minimum Gasteiger partial charge on any atom is -0.870 e. The Labute approximate surface area is 401 Å². The van der Waals surface area contributed by atoms with E-state index in [0.29, 0.717) is 17.8 Å². The van der Waals surface area contributed by atoms with Crippen LogP contribution in [0.1, 0.15) is 12.7 Å². The van der Waals surface area contributed by atoms with Crippen molar-refractivity contribution in [3.63, 3.8) is 0 Å². The van der Waals surface area contributed by atoms with Crippen LogP contribution >= 0.6 is 0 Å². The zero-order valence-electron chi connectivity index (χ0n) is 35.6. The number of pyridine rings is 1. The van der Waals surface area contributed by atoms with Crippen LogP contribution in [0.25, 0.3) is 49.2 Å². The zero-order chi connectivity index (χ0) is 41.8. The van der Waals surface area contributed by atoms with Gasteiger partial charge in [-0.25, -0.2) is 23.6 Å². The topological polar surface area (TPSA) is 207 Å². The first-order valence-electron chi connectivity index (χ1n) is 19.2. The Hall–Kier alpha value is -5.23. The van der Waals surface area contributed by atoms with Gasteiger partial charge in [-0.2, -0.15) is 0 Å². The van der Waals surface area contributed by atoms with E-state index in [2.05, 4.69) is 75.6 Å². The second-order valence-electron chi connectivity index (χ2n) is 14.8. The number of nitrogens with zero attached hydrogens (tertiary/aromatic N) is 7. The number of anilines is 4. The Bertz CT molecular complexity index is 2730. The van der Waals surface area contributed by atoms with E-state index in [-0.39, 0.29) is 98.1 Å². The molecule has 0 aliphatic carbocycles. The first-order valence-corrected chi connectivity index (χ1v) is 19.2. The fraction of sp³-hybridized carbons (Fsp3) is 0.273. The van der Waals surface area contributed by atoms with Gasteiger partial charge in [0, 0.05) is 69.4 Å². The standard InChI is InChI=1S/C21H21FN6O.C15H20N4O.C7H5FN2.CH3.K.H2O/c1-27-7-9-28(10-8-27)12-5-6-14-16(11-12)25-20(24-14)18-19(23)17-13(22)3-2-4-15(17)26-21(18)29;1-11(20)9-15-16-13-4-3-12(10-14(13)17-15)19-7-5-18(2)6-8-19;1-10-7-5(8)3-2-4-6(7)9;;;/h2-6,11H,7-10H2,1H3,(H,24,25)(H3,23,26,29);3-4,10H,5-9H2,1-2H3,(H,16,17);2-4H,9H2;1H3;;1H2/q;;;-1;+1;/p-1. The van der Waals surface area contributed by atoms with Gasteiger partial charge in [-0.3, -0.25) is 9.59 Å². The van der Waals surface area contributed by atoms with Crippen molar-refractivity contribution in [2.75, 3.05) is 87.7 Å². The predicted octanol–water partition coefficient (Wildman–Crippen LogP) is 3.23. The van der Waals surface area contributed by atoms with E-state index in [1.54, 1.807) is 13.0 Å². The molecule has 0 amide bonds. The Morgan fingerprint density at radius 2 is 1.29 bits per heavy atom. The van der Waals surface area contributed by atoms with E-state index in [1.165, 1.54) is 36.0 Å². The molecule has 3 aromatic heterocycles. The molecule has 4 aromatic carbocycles. The van der Waals surface area contributed by atoms with Gasteiger partial charge < -0.3 is 58.9 Å². The number of ketones is 1. The van der Waals surface area contributed by atoms with Crippen LogP contribution in [0.3, 0.4) is 0 Å². The molecule has 0 radical (unpaired) electrons. The summed E-state index contributed by atoms with van der Waals surface area (Å²) in [5, 5.41) is 0.195. The number of fused-ring (bicyclic) bond motifs is 3. The fourth-order valence-corrected chi connectivity index (χ4v) is 7.23. The molecule has 0 spiro atoms. The summed E-state index contributed by atoms with van der Waals surface area (Å²) in [5.41, 5.74) is 17.6. The minimum atomic E-state index is -0.560. The molecule has 2 fully saturated rings. The Morgan fingerprint density at radius 1 is 0.758 bits per heavy atom. The number of nitrogens with one attached hydrogen (secondary N) is 3. The molecule has 0 unspecified atom stereocenters. The van der Waals surface area contributed by atoms with E-state index >= 15 is 0 Å². The van der Waals surface area contributed by atoms with Gasteiger partial charge >= 0.3 is 51.4 Å². The van der Waals surface area contributed by atoms with Crippen LogP contribution in [0.4, 0.5) is 37.2 Å². The molecule has 0 bridgehead atoms. The van der Waals surface area contributed by atoms with Crippen LogP contribution in [0.2, 0.25) is 0 Å². The number of hydrogen-bond acceptors (Lipinski definition) is 11. The number of halogens is 2. The van der Waals surface area contributed by atoms with Gasteiger partial charge in [-0.05, 0) is 75.6 Å². The molecule has 62 heavy (non-hydrogen) atoms. The quantitative estimate of drug-likeness (QED) is 0.0965. The number of carbonyl (C=O) groups excluding carboxylic acids is 1. The van der Waals surface area contributed by atoms with Crippen LogP contribution in [0, 0.1) is 25.6 Å². The van der Waals surface area contributed by atoms with Crippen LogP contribution in [0.5, 0.6) is 0 Å². The van der Waals surface area contributed by atoms with Crippen molar-refractivity contribution >= 4 is 67.2 Å². The molecular weight excluding hydrogens is 822 g/mol. The molecule has 0 atom stereocenters. The number of nitrogen functional groups attached to an aromatic ring is 2. The number of Topliss-reactive ketones (excluding diaryl/α,β-unsaturated/α-hetero) is 1. The molecule has 15 nitrogen and oxygen atoms in total. The molecule has 18 heteroatoms. The van der Waals surface area contributed by atoms with Gasteiger partial charge in [0.15, 0.2) is 0 Å². The first-order chi connectivity index (χ1) is 28.4. The number of aromatic amines is 3. The third-order valence-electron chi connectivity index (χ3n) is 10.5. The number of benzene rings is 4. The number of para-hydroxylation sites is 1. The van der Waals surface area contributed by atoms with Gasteiger partial charge in [0.2, 0.25) is 5.69 Å². The SMILES string of the molecule is CC(=O)Cc1nc2ccc(N3CCN(C)CC3)cc2[nH]1.CN1CCN(c2ccc3nc(-c4c(N)c5c(F)cccc5[nH]c4=O)[nH]c3c2)CC1.[C-]#[N+]c1c(N)cccc1F.[CH3-].[K+].[OH-]. The summed E-state index contributed by atoms with van der Waals surface area (Å²) in [5.74, 6) is 0.173. The maximum absolute atomic E-state index is 14.3. The summed E-state index contributed by atoms with van der Waals surface area (Å²) >= 11 is 0. The number of imidazole rings is 2. The van der Waals surface area contributed by atoms with Crippen LogP contribution in [-0.2, 0) is 11.2 Å². The Morgan fingerprint density at radius 3 is 1.82 bits per heavy atom. The number of hydrogen-bond donors (Lipinski definition) is 5. The number of piperazine rings is 2. The average Bonchev–Trinajstić information content (AvgIpc) is 3.81. The summed E-state index contributed by atoms with van der Waals surface area (Å²) in [6, 6.07) is 20.9. The number of H-pyrrole nitrogens is 3. The third kappa shape index (κ3) is 11.2. The smallest absolute Gasteiger partial charge is 0.870 e. The van der Waals surface area contributed by atoms with Gasteiger partial charge in [0.1, 0.15) is 34.6 Å². The second-order valence-corrected chi connectivity index (χ2v) is 14.8. The van der Waals surface area contributed by atoms with E-state index in [4.69, 9.17) is 18.0 Å². The molecular formula is C44H50F2KN12O3-. The molecule has 2 aliphatic rings. The molecule has 8 N–H and O–H groups in total. The van der Waals surface area contributed by atoms with E-state index in [1.807, 2.05) is 24.3 Å². The van der Waals surface area contributed by atoms with Crippen molar-refractivity contribution < 1.29 is 70.4 Å². The maximum atomic E-state index is 14.3. The summed E-state index contributed by atoms with van der Waals surface area (Å²) < 4.78 is 26.9. The van der Waals surface area contributed by atoms with Gasteiger partial charge in [0.25, 0.3) is 5.56 Å². The van der Waals surface area contributed by atoms with Crippen LogP contribution in [-0.4, -0.2) is 112 Å². The third-order valence-corrected chi connectivity index (χ3v) is 10.5. The number of rotatable bonds is 5. The molecule has 9 rings (SSSR count). The summed E-state index contributed by atoms with van der Waals surface area (Å²) in [6.07, 6.45) is 0.374. The maximum Gasteiger partial charge on any atom is 1.00 e. The zero-order valence-corrected chi connectivity index (χ0v) is 38.7. The van der Waals surface area contributed by atoms with Crippen LogP contribution < -0.4 is 78.2 Å². The van der Waals surface area contributed by atoms with Crippen molar-refractivity contribution in [1.29, 1.82) is 0 Å². The van der Waals surface area contributed by atoms with Crippen LogP contribution in [0.15, 0.2) is 77.6 Å². The largest absolute Gasteiger partial charge is 1.00 e.